The minimum atomic E-state index is -4.65. The average molecular weight is 389 g/mol. The van der Waals surface area contributed by atoms with E-state index in [4.69, 9.17) is 0 Å². The van der Waals surface area contributed by atoms with Gasteiger partial charge in [-0.25, -0.2) is 18.5 Å². The molecule has 12 heteroatoms. The minimum Gasteiger partial charge on any atom is -0.336 e. The van der Waals surface area contributed by atoms with E-state index >= 15 is 0 Å². The van der Waals surface area contributed by atoms with E-state index in [-0.39, 0.29) is 31.3 Å². The van der Waals surface area contributed by atoms with Crippen LogP contribution >= 0.6 is 0 Å². The van der Waals surface area contributed by atoms with Gasteiger partial charge in [-0.15, -0.1) is 0 Å². The zero-order chi connectivity index (χ0) is 18.9. The molecule has 2 aromatic rings. The zero-order valence-corrected chi connectivity index (χ0v) is 14.1. The van der Waals surface area contributed by atoms with Crippen molar-refractivity contribution < 1.29 is 26.4 Å². The molecule has 0 unspecified atom stereocenters. The van der Waals surface area contributed by atoms with Crippen LogP contribution in [-0.4, -0.2) is 64.9 Å². The molecule has 0 radical (unpaired) electrons. The van der Waals surface area contributed by atoms with Crippen LogP contribution in [0, 0.1) is 0 Å². The molecule has 1 saturated heterocycles. The Kier molecular flexibility index (Phi) is 4.71. The number of sulfonamides is 1. The largest absolute Gasteiger partial charge is 0.417 e. The molecular weight excluding hydrogens is 375 g/mol. The van der Waals surface area contributed by atoms with Gasteiger partial charge in [0.2, 0.25) is 0 Å². The van der Waals surface area contributed by atoms with E-state index in [2.05, 4.69) is 15.2 Å². The SMILES string of the molecule is O=C(c1ccccc1C(F)(F)F)N1CCN(S(=O)(=O)c2ncn[nH]2)CC1. The van der Waals surface area contributed by atoms with Crippen LogP contribution < -0.4 is 0 Å². The molecule has 2 heterocycles. The molecule has 1 aliphatic rings. The molecule has 0 atom stereocenters. The second-order valence-electron chi connectivity index (χ2n) is 5.53. The van der Waals surface area contributed by atoms with Crippen molar-refractivity contribution in [3.8, 4) is 0 Å². The number of alkyl halides is 3. The number of aromatic amines is 1. The number of rotatable bonds is 3. The highest BCUT2D eigenvalue weighted by Gasteiger charge is 2.37. The van der Waals surface area contributed by atoms with Gasteiger partial charge in [0.25, 0.3) is 21.1 Å². The molecular formula is C14H14F3N5O3S. The van der Waals surface area contributed by atoms with Crippen molar-refractivity contribution in [3.05, 3.63) is 41.7 Å². The molecule has 0 spiro atoms. The Bertz CT molecular complexity index is 891. The van der Waals surface area contributed by atoms with Gasteiger partial charge in [0.15, 0.2) is 0 Å². The number of H-pyrrole nitrogens is 1. The molecule has 0 aliphatic carbocycles. The van der Waals surface area contributed by atoms with Crippen LogP contribution in [0.25, 0.3) is 0 Å². The smallest absolute Gasteiger partial charge is 0.336 e. The number of piperazine rings is 1. The number of nitrogens with zero attached hydrogens (tertiary/aromatic N) is 4. The summed E-state index contributed by atoms with van der Waals surface area (Å²) < 4.78 is 65.0. The maximum absolute atomic E-state index is 13.1. The van der Waals surface area contributed by atoms with E-state index in [1.54, 1.807) is 0 Å². The summed E-state index contributed by atoms with van der Waals surface area (Å²) in [7, 11) is -3.88. The van der Waals surface area contributed by atoms with Crippen LogP contribution in [0.5, 0.6) is 0 Å². The Labute approximate surface area is 146 Å². The third kappa shape index (κ3) is 3.42. The Balaban J connectivity index is 1.74. The third-order valence-corrected chi connectivity index (χ3v) is 5.70. The van der Waals surface area contributed by atoms with E-state index in [0.29, 0.717) is 0 Å². The molecule has 1 aliphatic heterocycles. The third-order valence-electron chi connectivity index (χ3n) is 3.97. The van der Waals surface area contributed by atoms with E-state index in [0.717, 1.165) is 22.8 Å². The lowest BCUT2D eigenvalue weighted by molar-refractivity contribution is -0.138. The minimum absolute atomic E-state index is 0.0294. The molecule has 0 bridgehead atoms. The van der Waals surface area contributed by atoms with Crippen molar-refractivity contribution in [2.45, 2.75) is 11.3 Å². The van der Waals surface area contributed by atoms with Gasteiger partial charge in [0.05, 0.1) is 11.1 Å². The maximum atomic E-state index is 13.1. The molecule has 140 valence electrons. The number of amides is 1. The second-order valence-corrected chi connectivity index (χ2v) is 7.38. The average Bonchev–Trinajstić information content (AvgIpc) is 3.16. The van der Waals surface area contributed by atoms with Gasteiger partial charge < -0.3 is 4.90 Å². The molecule has 8 nitrogen and oxygen atoms in total. The monoisotopic (exact) mass is 389 g/mol. The summed E-state index contributed by atoms with van der Waals surface area (Å²) in [6.45, 7) is -0.164. The van der Waals surface area contributed by atoms with E-state index < -0.39 is 33.2 Å². The van der Waals surface area contributed by atoms with Crippen LogP contribution in [0.15, 0.2) is 35.7 Å². The van der Waals surface area contributed by atoms with Gasteiger partial charge in [0, 0.05) is 26.2 Å². The molecule has 1 aromatic heterocycles. The van der Waals surface area contributed by atoms with Crippen LogP contribution in [0.2, 0.25) is 0 Å². The maximum Gasteiger partial charge on any atom is 0.417 e. The highest BCUT2D eigenvalue weighted by atomic mass is 32.2. The van der Waals surface area contributed by atoms with Gasteiger partial charge in [-0.1, -0.05) is 12.1 Å². The molecule has 1 N–H and O–H groups in total. The Morgan fingerprint density at radius 2 is 1.77 bits per heavy atom. The molecule has 1 fully saturated rings. The molecule has 1 aromatic carbocycles. The van der Waals surface area contributed by atoms with E-state index in [1.807, 2.05) is 0 Å². The lowest BCUT2D eigenvalue weighted by atomic mass is 10.1. The van der Waals surface area contributed by atoms with Crippen molar-refractivity contribution in [2.75, 3.05) is 26.2 Å². The van der Waals surface area contributed by atoms with Crippen molar-refractivity contribution in [3.63, 3.8) is 0 Å². The summed E-state index contributed by atoms with van der Waals surface area (Å²) in [6.07, 6.45) is -3.59. The van der Waals surface area contributed by atoms with Gasteiger partial charge in [0.1, 0.15) is 6.33 Å². The normalized spacial score (nSPS) is 16.7. The predicted octanol–water partition coefficient (Wildman–Crippen LogP) is 0.970. The molecule has 0 saturated carbocycles. The summed E-state index contributed by atoms with van der Waals surface area (Å²) in [4.78, 5) is 17.3. The van der Waals surface area contributed by atoms with Crippen molar-refractivity contribution >= 4 is 15.9 Å². The number of carbonyl (C=O) groups excluding carboxylic acids is 1. The zero-order valence-electron chi connectivity index (χ0n) is 13.3. The van der Waals surface area contributed by atoms with Crippen LogP contribution in [-0.2, 0) is 16.2 Å². The molecule has 26 heavy (non-hydrogen) atoms. The van der Waals surface area contributed by atoms with Crippen molar-refractivity contribution in [2.24, 2.45) is 0 Å². The number of hydrogen-bond acceptors (Lipinski definition) is 5. The number of halogens is 3. The lowest BCUT2D eigenvalue weighted by Crippen LogP contribution is -2.50. The van der Waals surface area contributed by atoms with Gasteiger partial charge in [-0.2, -0.15) is 22.6 Å². The van der Waals surface area contributed by atoms with Crippen LogP contribution in [0.1, 0.15) is 15.9 Å². The number of benzene rings is 1. The van der Waals surface area contributed by atoms with Gasteiger partial charge >= 0.3 is 6.18 Å². The molecule has 1 amide bonds. The summed E-state index contributed by atoms with van der Waals surface area (Å²) in [5.41, 5.74) is -1.46. The summed E-state index contributed by atoms with van der Waals surface area (Å²) >= 11 is 0. The summed E-state index contributed by atoms with van der Waals surface area (Å²) in [6, 6.07) is 4.52. The predicted molar refractivity (Wildman–Crippen MR) is 82.5 cm³/mol. The highest BCUT2D eigenvalue weighted by Crippen LogP contribution is 2.32. The van der Waals surface area contributed by atoms with Crippen molar-refractivity contribution in [1.82, 2.24) is 24.4 Å². The number of nitrogens with one attached hydrogen (secondary N) is 1. The number of hydrogen-bond donors (Lipinski definition) is 1. The topological polar surface area (TPSA) is 99.3 Å². The van der Waals surface area contributed by atoms with Crippen LogP contribution in [0.4, 0.5) is 13.2 Å². The fourth-order valence-electron chi connectivity index (χ4n) is 2.66. The number of carbonyl (C=O) groups is 1. The first-order chi connectivity index (χ1) is 12.2. The standard InChI is InChI=1S/C14H14F3N5O3S/c15-14(16,17)11-4-2-1-3-10(11)12(23)21-5-7-22(8-6-21)26(24,25)13-18-9-19-20-13/h1-4,9H,5-8H2,(H,18,19,20). The van der Waals surface area contributed by atoms with Crippen LogP contribution in [0.3, 0.4) is 0 Å². The van der Waals surface area contributed by atoms with E-state index in [9.17, 15) is 26.4 Å². The summed E-state index contributed by atoms with van der Waals surface area (Å²) in [5.74, 6) is -0.783. The quantitative estimate of drug-likeness (QED) is 0.843. The van der Waals surface area contributed by atoms with Gasteiger partial charge in [-0.05, 0) is 12.1 Å². The lowest BCUT2D eigenvalue weighted by Gasteiger charge is -2.33. The Hall–Kier alpha value is -2.47. The fourth-order valence-corrected chi connectivity index (χ4v) is 3.90. The number of aromatic nitrogens is 3. The molecule has 3 rings (SSSR count). The Morgan fingerprint density at radius 1 is 1.12 bits per heavy atom. The van der Waals surface area contributed by atoms with Gasteiger partial charge in [-0.3, -0.25) is 4.79 Å². The second kappa shape index (κ2) is 6.68. The summed E-state index contributed by atoms with van der Waals surface area (Å²) in [5, 5.41) is 5.43. The fraction of sp³-hybridized carbons (Fsp3) is 0.357. The highest BCUT2D eigenvalue weighted by molar-refractivity contribution is 7.88. The van der Waals surface area contributed by atoms with Crippen molar-refractivity contribution in [1.29, 1.82) is 0 Å². The van der Waals surface area contributed by atoms with E-state index in [1.165, 1.54) is 17.0 Å². The first kappa shape index (κ1) is 18.3. The Morgan fingerprint density at radius 3 is 2.35 bits per heavy atom. The first-order valence-electron chi connectivity index (χ1n) is 7.52. The first-order valence-corrected chi connectivity index (χ1v) is 8.96.